The summed E-state index contributed by atoms with van der Waals surface area (Å²) in [6, 6.07) is 4.95. The van der Waals surface area contributed by atoms with Gasteiger partial charge in [-0.1, -0.05) is 0 Å². The number of hydrogen-bond acceptors (Lipinski definition) is 6. The van der Waals surface area contributed by atoms with E-state index in [1.807, 2.05) is 0 Å². The lowest BCUT2D eigenvalue weighted by molar-refractivity contribution is -0.136. The molecule has 0 aliphatic carbocycles. The van der Waals surface area contributed by atoms with E-state index in [9.17, 15) is 14.7 Å². The van der Waals surface area contributed by atoms with Gasteiger partial charge in [0.1, 0.15) is 0 Å². The number of nitrogens with one attached hydrogen (secondary N) is 2. The van der Waals surface area contributed by atoms with E-state index in [-0.39, 0.29) is 12.9 Å². The number of carbonyl (C=O) groups is 2. The molecule has 0 radical (unpaired) electrons. The molecule has 0 unspecified atom stereocenters. The third-order valence-electron chi connectivity index (χ3n) is 4.11. The zero-order valence-corrected chi connectivity index (χ0v) is 13.3. The molecule has 2 amide bonds. The van der Waals surface area contributed by atoms with Crippen LogP contribution in [0.4, 0.5) is 5.69 Å². The van der Waals surface area contributed by atoms with Crippen molar-refractivity contribution in [1.29, 1.82) is 0 Å². The van der Waals surface area contributed by atoms with Crippen molar-refractivity contribution >= 4 is 17.5 Å². The molecular formula is C16H21N3O5. The zero-order chi connectivity index (χ0) is 16.9. The number of benzene rings is 1. The van der Waals surface area contributed by atoms with Gasteiger partial charge in [-0.15, -0.1) is 0 Å². The van der Waals surface area contributed by atoms with Gasteiger partial charge in [-0.05, 0) is 25.0 Å². The predicted molar refractivity (Wildman–Crippen MR) is 85.9 cm³/mol. The van der Waals surface area contributed by atoms with Crippen LogP contribution >= 0.6 is 0 Å². The second kappa shape index (κ2) is 7.50. The molecule has 0 spiro atoms. The van der Waals surface area contributed by atoms with Crippen LogP contribution in [-0.4, -0.2) is 60.9 Å². The van der Waals surface area contributed by atoms with Crippen molar-refractivity contribution in [3.63, 3.8) is 0 Å². The van der Waals surface area contributed by atoms with Gasteiger partial charge in [0.05, 0.1) is 6.10 Å². The van der Waals surface area contributed by atoms with E-state index < -0.39 is 11.8 Å². The molecule has 0 bridgehead atoms. The predicted octanol–water partition coefficient (Wildman–Crippen LogP) is -0.0733. The number of hydrogen-bond donors (Lipinski definition) is 3. The molecule has 3 N–H and O–H groups in total. The van der Waals surface area contributed by atoms with Crippen LogP contribution in [-0.2, 0) is 9.59 Å². The van der Waals surface area contributed by atoms with Crippen molar-refractivity contribution in [2.24, 2.45) is 0 Å². The first-order valence-electron chi connectivity index (χ1n) is 8.01. The topological polar surface area (TPSA) is 100 Å². The lowest BCUT2D eigenvalue weighted by Crippen LogP contribution is -2.43. The number of aliphatic hydroxyl groups excluding tert-OH is 1. The molecule has 0 atom stereocenters. The lowest BCUT2D eigenvalue weighted by atomic mass is 10.1. The summed E-state index contributed by atoms with van der Waals surface area (Å²) in [7, 11) is 0. The standard InChI is InChI=1S/C16H21N3O5/c20-12-3-6-19(7-4-12)8-5-17-15(21)16(22)18-11-1-2-13-14(9-11)24-10-23-13/h1-2,9,12,20H,3-8,10H2,(H,17,21)(H,18,22). The Kier molecular flexibility index (Phi) is 5.17. The second-order valence-electron chi connectivity index (χ2n) is 5.85. The van der Waals surface area contributed by atoms with Crippen molar-refractivity contribution in [3.8, 4) is 11.5 Å². The molecule has 1 aromatic carbocycles. The lowest BCUT2D eigenvalue weighted by Gasteiger charge is -2.29. The Morgan fingerprint density at radius 3 is 2.71 bits per heavy atom. The SMILES string of the molecule is O=C(NCCN1CCC(O)CC1)C(=O)Nc1ccc2c(c1)OCO2. The Morgan fingerprint density at radius 1 is 1.17 bits per heavy atom. The number of aliphatic hydroxyl groups is 1. The number of fused-ring (bicyclic) bond motifs is 1. The number of rotatable bonds is 4. The van der Waals surface area contributed by atoms with Gasteiger partial charge in [0.15, 0.2) is 11.5 Å². The largest absolute Gasteiger partial charge is 0.454 e. The minimum absolute atomic E-state index is 0.154. The monoisotopic (exact) mass is 335 g/mol. The fraction of sp³-hybridized carbons (Fsp3) is 0.500. The molecule has 2 heterocycles. The van der Waals surface area contributed by atoms with E-state index in [1.54, 1.807) is 18.2 Å². The van der Waals surface area contributed by atoms with Gasteiger partial charge in [0, 0.05) is 37.9 Å². The Labute approximate surface area is 139 Å². The first kappa shape index (κ1) is 16.5. The molecular weight excluding hydrogens is 314 g/mol. The molecule has 8 nitrogen and oxygen atoms in total. The molecule has 2 aliphatic rings. The molecule has 2 aliphatic heterocycles. The molecule has 1 saturated heterocycles. The summed E-state index contributed by atoms with van der Waals surface area (Å²) in [4.78, 5) is 25.9. The molecule has 0 aromatic heterocycles. The van der Waals surface area contributed by atoms with Gasteiger partial charge in [-0.3, -0.25) is 9.59 Å². The van der Waals surface area contributed by atoms with Crippen LogP contribution < -0.4 is 20.1 Å². The van der Waals surface area contributed by atoms with Crippen LogP contribution in [0.1, 0.15) is 12.8 Å². The third-order valence-corrected chi connectivity index (χ3v) is 4.11. The number of anilines is 1. The molecule has 1 fully saturated rings. The number of likely N-dealkylation sites (tertiary alicyclic amines) is 1. The normalized spacial score (nSPS) is 17.5. The van der Waals surface area contributed by atoms with Crippen molar-refractivity contribution in [2.45, 2.75) is 18.9 Å². The van der Waals surface area contributed by atoms with Crippen molar-refractivity contribution < 1.29 is 24.2 Å². The molecule has 24 heavy (non-hydrogen) atoms. The number of amides is 2. The molecule has 3 rings (SSSR count). The maximum Gasteiger partial charge on any atom is 0.313 e. The summed E-state index contributed by atoms with van der Waals surface area (Å²) in [6.07, 6.45) is 1.28. The summed E-state index contributed by atoms with van der Waals surface area (Å²) in [5.41, 5.74) is 0.476. The smallest absolute Gasteiger partial charge is 0.313 e. The Morgan fingerprint density at radius 2 is 1.92 bits per heavy atom. The van der Waals surface area contributed by atoms with E-state index >= 15 is 0 Å². The van der Waals surface area contributed by atoms with Crippen molar-refractivity contribution in [1.82, 2.24) is 10.2 Å². The summed E-state index contributed by atoms with van der Waals surface area (Å²) >= 11 is 0. The van der Waals surface area contributed by atoms with Crippen LogP contribution in [0.3, 0.4) is 0 Å². The van der Waals surface area contributed by atoms with Crippen LogP contribution in [0.15, 0.2) is 18.2 Å². The van der Waals surface area contributed by atoms with Crippen LogP contribution in [0, 0.1) is 0 Å². The van der Waals surface area contributed by atoms with Crippen LogP contribution in [0.5, 0.6) is 11.5 Å². The maximum atomic E-state index is 11.9. The summed E-state index contributed by atoms with van der Waals surface area (Å²) in [5, 5.41) is 14.6. The fourth-order valence-corrected chi connectivity index (χ4v) is 2.71. The first-order chi connectivity index (χ1) is 11.6. The molecule has 130 valence electrons. The quantitative estimate of drug-likeness (QED) is 0.666. The summed E-state index contributed by atoms with van der Waals surface area (Å²) in [6.45, 7) is 2.82. The highest BCUT2D eigenvalue weighted by atomic mass is 16.7. The van der Waals surface area contributed by atoms with E-state index in [0.29, 0.717) is 30.3 Å². The van der Waals surface area contributed by atoms with E-state index in [1.165, 1.54) is 0 Å². The van der Waals surface area contributed by atoms with Gasteiger partial charge < -0.3 is 30.1 Å². The molecule has 8 heteroatoms. The van der Waals surface area contributed by atoms with Gasteiger partial charge in [-0.2, -0.15) is 0 Å². The number of piperidine rings is 1. The van der Waals surface area contributed by atoms with Crippen molar-refractivity contribution in [2.75, 3.05) is 38.3 Å². The highest BCUT2D eigenvalue weighted by molar-refractivity contribution is 6.39. The average Bonchev–Trinajstić information content (AvgIpc) is 3.04. The highest BCUT2D eigenvalue weighted by Crippen LogP contribution is 2.34. The van der Waals surface area contributed by atoms with Gasteiger partial charge in [0.2, 0.25) is 6.79 Å². The van der Waals surface area contributed by atoms with Crippen molar-refractivity contribution in [3.05, 3.63) is 18.2 Å². The number of nitrogens with zero attached hydrogens (tertiary/aromatic N) is 1. The summed E-state index contributed by atoms with van der Waals surface area (Å²) in [5.74, 6) is -0.239. The van der Waals surface area contributed by atoms with E-state index in [4.69, 9.17) is 9.47 Å². The Hall–Kier alpha value is -2.32. The fourth-order valence-electron chi connectivity index (χ4n) is 2.71. The van der Waals surface area contributed by atoms with Crippen LogP contribution in [0.25, 0.3) is 0 Å². The molecule has 0 saturated carbocycles. The number of ether oxygens (including phenoxy) is 2. The summed E-state index contributed by atoms with van der Waals surface area (Å²) < 4.78 is 10.4. The maximum absolute atomic E-state index is 11.9. The number of carbonyl (C=O) groups excluding carboxylic acids is 2. The molecule has 1 aromatic rings. The van der Waals surface area contributed by atoms with Gasteiger partial charge in [0.25, 0.3) is 0 Å². The second-order valence-corrected chi connectivity index (χ2v) is 5.85. The average molecular weight is 335 g/mol. The Bertz CT molecular complexity index is 614. The minimum atomic E-state index is -0.720. The van der Waals surface area contributed by atoms with E-state index in [0.717, 1.165) is 25.9 Å². The first-order valence-corrected chi connectivity index (χ1v) is 8.01. The van der Waals surface area contributed by atoms with Gasteiger partial charge in [-0.25, -0.2) is 0 Å². The zero-order valence-electron chi connectivity index (χ0n) is 13.3. The van der Waals surface area contributed by atoms with Crippen LogP contribution in [0.2, 0.25) is 0 Å². The van der Waals surface area contributed by atoms with E-state index in [2.05, 4.69) is 15.5 Å². The van der Waals surface area contributed by atoms with Gasteiger partial charge >= 0.3 is 11.8 Å². The third kappa shape index (κ3) is 4.15. The highest BCUT2D eigenvalue weighted by Gasteiger charge is 2.19. The minimum Gasteiger partial charge on any atom is -0.454 e. The Balaban J connectivity index is 1.41.